The number of hydrogen-bond donors (Lipinski definition) is 2. The van der Waals surface area contributed by atoms with Gasteiger partial charge in [0.05, 0.1) is 30.3 Å². The summed E-state index contributed by atoms with van der Waals surface area (Å²) >= 11 is 2.24. The van der Waals surface area contributed by atoms with Gasteiger partial charge in [-0.05, 0) is 67.9 Å². The van der Waals surface area contributed by atoms with Crippen LogP contribution in [0.5, 0.6) is 17.2 Å². The van der Waals surface area contributed by atoms with Crippen molar-refractivity contribution in [3.8, 4) is 17.2 Å². The van der Waals surface area contributed by atoms with E-state index in [1.807, 2.05) is 38.1 Å². The molecule has 44 heavy (non-hydrogen) atoms. The number of benzene rings is 3. The summed E-state index contributed by atoms with van der Waals surface area (Å²) in [4.78, 5) is 57.2. The number of thioether (sulfide) groups is 1. The molecule has 3 atom stereocenters. The number of imide groups is 1. The van der Waals surface area contributed by atoms with Crippen LogP contribution >= 0.6 is 23.1 Å². The molecule has 0 bridgehead atoms. The Labute approximate surface area is 261 Å². The van der Waals surface area contributed by atoms with Crippen LogP contribution < -0.4 is 29.3 Å². The second kappa shape index (κ2) is 12.2. The summed E-state index contributed by atoms with van der Waals surface area (Å²) in [7, 11) is 1.54. The van der Waals surface area contributed by atoms with Gasteiger partial charge < -0.3 is 24.5 Å². The number of anilines is 2. The third-order valence-electron chi connectivity index (χ3n) is 7.48. The predicted octanol–water partition coefficient (Wildman–Crippen LogP) is 4.97. The van der Waals surface area contributed by atoms with Crippen molar-refractivity contribution in [3.63, 3.8) is 0 Å². The maximum absolute atomic E-state index is 14.0. The number of carbonyl (C=O) groups excluding carboxylic acids is 3. The molecule has 226 valence electrons. The Morgan fingerprint density at radius 2 is 1.70 bits per heavy atom. The number of carbonyl (C=O) groups is 3. The lowest BCUT2D eigenvalue weighted by atomic mass is 9.83. The van der Waals surface area contributed by atoms with Crippen molar-refractivity contribution in [2.75, 3.05) is 30.5 Å². The van der Waals surface area contributed by atoms with Gasteiger partial charge in [-0.25, -0.2) is 4.90 Å². The topological polar surface area (TPSA) is 127 Å². The molecule has 3 aromatic carbocycles. The molecule has 0 saturated carbocycles. The first-order valence-corrected chi connectivity index (χ1v) is 15.6. The Bertz CT molecular complexity index is 1780. The molecule has 2 aliphatic heterocycles. The Morgan fingerprint density at radius 3 is 2.41 bits per heavy atom. The average Bonchev–Trinajstić information content (AvgIpc) is 3.51. The van der Waals surface area contributed by atoms with E-state index in [-0.39, 0.29) is 29.2 Å². The van der Waals surface area contributed by atoms with Crippen LogP contribution in [0.15, 0.2) is 76.6 Å². The lowest BCUT2D eigenvalue weighted by Gasteiger charge is -2.30. The maximum Gasteiger partial charge on any atom is 0.305 e. The summed E-state index contributed by atoms with van der Waals surface area (Å²) in [5.74, 6) is -1.02. The molecule has 6 rings (SSSR count). The Kier molecular flexibility index (Phi) is 8.19. The number of aromatic nitrogens is 1. The number of ether oxygens (including phenoxy) is 3. The Balaban J connectivity index is 1.30. The molecule has 4 aromatic rings. The molecule has 2 N–H and O–H groups in total. The van der Waals surface area contributed by atoms with Gasteiger partial charge in [-0.15, -0.1) is 0 Å². The van der Waals surface area contributed by atoms with Gasteiger partial charge in [0.25, 0.3) is 5.91 Å². The number of H-pyrrole nitrogens is 1. The van der Waals surface area contributed by atoms with Gasteiger partial charge in [0.15, 0.2) is 18.1 Å². The molecule has 3 amide bonds. The van der Waals surface area contributed by atoms with E-state index < -0.39 is 17.1 Å². The van der Waals surface area contributed by atoms with Crippen molar-refractivity contribution < 1.29 is 28.6 Å². The number of aromatic amines is 1. The number of fused-ring (bicyclic) bond motifs is 2. The fourth-order valence-corrected chi connectivity index (χ4v) is 7.96. The first-order chi connectivity index (χ1) is 21.3. The summed E-state index contributed by atoms with van der Waals surface area (Å²) in [6, 6.07) is 19.4. The van der Waals surface area contributed by atoms with Crippen molar-refractivity contribution in [1.29, 1.82) is 0 Å². The number of thiazole rings is 1. The standard InChI is InChI=1S/C32H29N3O7S2/c1-4-41-23-15-18(7-14-22(23)42-16-24(36)33-19-8-5-17(2)6-9-19)25-26-28(43-29-27(25)44-32(39)34-29)31(38)35(30(26)37)20-10-12-21(40-3)13-11-20/h5-15,25-26,28H,4,16H2,1-3H3,(H,33,36)(H,34,39)/t25-,26-,28+/m0/s1. The molecule has 1 fully saturated rings. The molecule has 0 spiro atoms. The summed E-state index contributed by atoms with van der Waals surface area (Å²) in [5, 5.41) is 2.65. The molecule has 1 saturated heterocycles. The number of rotatable bonds is 9. The number of amides is 3. The third kappa shape index (κ3) is 5.58. The highest BCUT2D eigenvalue weighted by Gasteiger charge is 2.56. The molecule has 0 unspecified atom stereocenters. The normalized spacial score (nSPS) is 18.9. The molecular weight excluding hydrogens is 603 g/mol. The number of nitrogens with one attached hydrogen (secondary N) is 2. The second-order valence-electron chi connectivity index (χ2n) is 10.3. The largest absolute Gasteiger partial charge is 0.497 e. The van der Waals surface area contributed by atoms with E-state index in [9.17, 15) is 19.2 Å². The highest BCUT2D eigenvalue weighted by molar-refractivity contribution is 8.00. The minimum Gasteiger partial charge on any atom is -0.497 e. The van der Waals surface area contributed by atoms with Crippen LogP contribution in [0, 0.1) is 12.8 Å². The van der Waals surface area contributed by atoms with E-state index in [1.165, 1.54) is 16.7 Å². The molecule has 0 radical (unpaired) electrons. The molecule has 10 nitrogen and oxygen atoms in total. The zero-order valence-electron chi connectivity index (χ0n) is 24.1. The molecule has 12 heteroatoms. The summed E-state index contributed by atoms with van der Waals surface area (Å²) in [5.41, 5.74) is 2.89. The van der Waals surface area contributed by atoms with Gasteiger partial charge in [-0.1, -0.05) is 46.9 Å². The van der Waals surface area contributed by atoms with Gasteiger partial charge in [-0.3, -0.25) is 19.2 Å². The first kappa shape index (κ1) is 29.5. The van der Waals surface area contributed by atoms with Gasteiger partial charge in [0, 0.05) is 16.5 Å². The second-order valence-corrected chi connectivity index (χ2v) is 12.5. The number of methoxy groups -OCH3 is 1. The van der Waals surface area contributed by atoms with Crippen LogP contribution in [0.2, 0.25) is 0 Å². The highest BCUT2D eigenvalue weighted by Crippen LogP contribution is 2.53. The summed E-state index contributed by atoms with van der Waals surface area (Å²) < 4.78 is 17.0. The maximum atomic E-state index is 14.0. The van der Waals surface area contributed by atoms with Crippen LogP contribution in [0.3, 0.4) is 0 Å². The van der Waals surface area contributed by atoms with Crippen LogP contribution in [-0.2, 0) is 14.4 Å². The highest BCUT2D eigenvalue weighted by atomic mass is 32.2. The minimum absolute atomic E-state index is 0.245. The lowest BCUT2D eigenvalue weighted by Crippen LogP contribution is -2.32. The zero-order chi connectivity index (χ0) is 31.0. The Morgan fingerprint density at radius 1 is 0.955 bits per heavy atom. The van der Waals surface area contributed by atoms with E-state index in [1.54, 1.807) is 49.6 Å². The third-order valence-corrected chi connectivity index (χ3v) is 9.88. The van der Waals surface area contributed by atoms with Gasteiger partial charge >= 0.3 is 4.87 Å². The number of hydrogen-bond acceptors (Lipinski definition) is 9. The quantitative estimate of drug-likeness (QED) is 0.248. The van der Waals surface area contributed by atoms with E-state index in [0.29, 0.717) is 50.7 Å². The minimum atomic E-state index is -0.755. The van der Waals surface area contributed by atoms with Crippen LogP contribution in [-0.4, -0.2) is 48.3 Å². The monoisotopic (exact) mass is 631 g/mol. The first-order valence-electron chi connectivity index (χ1n) is 13.9. The molecule has 3 heterocycles. The zero-order valence-corrected chi connectivity index (χ0v) is 25.8. The SMILES string of the molecule is CCOc1cc([C@@H]2c3sc(=O)[nH]c3S[C@H]3C(=O)N(c4ccc(OC)cc4)C(=O)[C@@H]23)ccc1OCC(=O)Nc1ccc(C)cc1. The fourth-order valence-electron chi connectivity index (χ4n) is 5.44. The Hall–Kier alpha value is -4.55. The average molecular weight is 632 g/mol. The van der Waals surface area contributed by atoms with Crippen molar-refractivity contribution in [1.82, 2.24) is 4.98 Å². The number of nitrogens with zero attached hydrogens (tertiary/aromatic N) is 1. The number of aryl methyl sites for hydroxylation is 1. The van der Waals surface area contributed by atoms with Crippen LogP contribution in [0.4, 0.5) is 11.4 Å². The molecule has 0 aliphatic carbocycles. The lowest BCUT2D eigenvalue weighted by molar-refractivity contribution is -0.122. The molecular formula is C32H29N3O7S2. The summed E-state index contributed by atoms with van der Waals surface area (Å²) in [6.07, 6.45) is 0. The smallest absolute Gasteiger partial charge is 0.305 e. The van der Waals surface area contributed by atoms with E-state index in [0.717, 1.165) is 16.9 Å². The fraction of sp³-hybridized carbons (Fsp3) is 0.250. The van der Waals surface area contributed by atoms with E-state index >= 15 is 0 Å². The van der Waals surface area contributed by atoms with Gasteiger partial charge in [0.1, 0.15) is 11.0 Å². The van der Waals surface area contributed by atoms with Gasteiger partial charge in [-0.2, -0.15) is 0 Å². The van der Waals surface area contributed by atoms with Crippen molar-refractivity contribution in [2.45, 2.75) is 30.0 Å². The van der Waals surface area contributed by atoms with Crippen molar-refractivity contribution >= 4 is 52.2 Å². The van der Waals surface area contributed by atoms with E-state index in [2.05, 4.69) is 10.3 Å². The predicted molar refractivity (Wildman–Crippen MR) is 168 cm³/mol. The van der Waals surface area contributed by atoms with E-state index in [4.69, 9.17) is 14.2 Å². The van der Waals surface area contributed by atoms with Crippen LogP contribution in [0.25, 0.3) is 0 Å². The van der Waals surface area contributed by atoms with Gasteiger partial charge in [0.2, 0.25) is 11.8 Å². The molecule has 2 aliphatic rings. The molecule has 1 aromatic heterocycles. The van der Waals surface area contributed by atoms with Crippen molar-refractivity contribution in [2.24, 2.45) is 5.92 Å². The van der Waals surface area contributed by atoms with Crippen molar-refractivity contribution in [3.05, 3.63) is 92.4 Å². The summed E-state index contributed by atoms with van der Waals surface area (Å²) in [6.45, 7) is 3.88. The van der Waals surface area contributed by atoms with Crippen LogP contribution in [0.1, 0.15) is 28.8 Å².